The van der Waals surface area contributed by atoms with E-state index in [1.54, 1.807) is 55.5 Å². The number of aliphatic hydroxyl groups is 1. The molecule has 0 radical (unpaired) electrons. The van der Waals surface area contributed by atoms with Gasteiger partial charge in [0, 0.05) is 11.3 Å². The van der Waals surface area contributed by atoms with Crippen molar-refractivity contribution in [3.63, 3.8) is 0 Å². The van der Waals surface area contributed by atoms with Gasteiger partial charge < -0.3 is 14.6 Å². The van der Waals surface area contributed by atoms with Crippen LogP contribution in [0.25, 0.3) is 5.76 Å². The molecule has 1 atom stereocenters. The number of hydrogen-bond acceptors (Lipinski definition) is 6. The minimum atomic E-state index is -0.947. The van der Waals surface area contributed by atoms with Crippen molar-refractivity contribution >= 4 is 29.1 Å². The standard InChI is InChI=1S/C29H27NO6/c1-5-36-29(34)20-9-6-10-21(15-20)30-25(19-8-7-11-22(16-19)35-4)24(27(32)28(30)33)26(31)23-14-17(2)12-13-18(23)3/h6-16,25,31H,5H2,1-4H3/b26-24+. The van der Waals surface area contributed by atoms with Gasteiger partial charge in [0.25, 0.3) is 11.7 Å². The van der Waals surface area contributed by atoms with Crippen LogP contribution < -0.4 is 9.64 Å². The number of methoxy groups -OCH3 is 1. The predicted octanol–water partition coefficient (Wildman–Crippen LogP) is 5.12. The zero-order valence-electron chi connectivity index (χ0n) is 20.6. The van der Waals surface area contributed by atoms with Gasteiger partial charge in [0.05, 0.1) is 30.9 Å². The van der Waals surface area contributed by atoms with E-state index in [0.717, 1.165) is 11.1 Å². The SMILES string of the molecule is CCOC(=O)c1cccc(N2C(=O)C(=O)/C(=C(/O)c3cc(C)ccc3C)C2c2cccc(OC)c2)c1. The van der Waals surface area contributed by atoms with Gasteiger partial charge in [-0.1, -0.05) is 35.9 Å². The summed E-state index contributed by atoms with van der Waals surface area (Å²) >= 11 is 0. The Hall–Kier alpha value is -4.39. The van der Waals surface area contributed by atoms with Crippen LogP contribution in [-0.4, -0.2) is 36.5 Å². The van der Waals surface area contributed by atoms with Crippen molar-refractivity contribution in [2.75, 3.05) is 18.6 Å². The van der Waals surface area contributed by atoms with Gasteiger partial charge in [-0.25, -0.2) is 4.79 Å². The fraction of sp³-hybridized carbons (Fsp3) is 0.207. The van der Waals surface area contributed by atoms with E-state index in [4.69, 9.17) is 9.47 Å². The van der Waals surface area contributed by atoms with Gasteiger partial charge in [-0.05, 0) is 68.3 Å². The van der Waals surface area contributed by atoms with Gasteiger partial charge in [0.2, 0.25) is 0 Å². The molecule has 7 nitrogen and oxygen atoms in total. The number of nitrogens with zero attached hydrogens (tertiary/aromatic N) is 1. The molecule has 7 heteroatoms. The van der Waals surface area contributed by atoms with Crippen LogP contribution >= 0.6 is 0 Å². The Bertz CT molecular complexity index is 1390. The number of benzene rings is 3. The molecule has 0 saturated carbocycles. The zero-order valence-corrected chi connectivity index (χ0v) is 20.6. The van der Waals surface area contributed by atoms with Crippen molar-refractivity contribution in [1.29, 1.82) is 0 Å². The maximum atomic E-state index is 13.4. The number of Topliss-reactive ketones (excluding diaryl/α,β-unsaturated/α-hetero) is 1. The van der Waals surface area contributed by atoms with Gasteiger partial charge in [0.15, 0.2) is 0 Å². The number of ether oxygens (including phenoxy) is 2. The zero-order chi connectivity index (χ0) is 26.0. The number of carbonyl (C=O) groups is 3. The first kappa shape index (κ1) is 24.7. The Balaban J connectivity index is 1.96. The molecular weight excluding hydrogens is 458 g/mol. The molecule has 1 N–H and O–H groups in total. The lowest BCUT2D eigenvalue weighted by molar-refractivity contribution is -0.132. The van der Waals surface area contributed by atoms with Crippen molar-refractivity contribution in [3.05, 3.63) is 100 Å². The average Bonchev–Trinajstić information content (AvgIpc) is 3.15. The molecule has 3 aromatic carbocycles. The van der Waals surface area contributed by atoms with Crippen molar-refractivity contribution < 1.29 is 29.0 Å². The second kappa shape index (κ2) is 10.1. The second-order valence-corrected chi connectivity index (χ2v) is 8.53. The summed E-state index contributed by atoms with van der Waals surface area (Å²) < 4.78 is 10.5. The number of anilines is 1. The van der Waals surface area contributed by atoms with E-state index in [9.17, 15) is 19.5 Å². The van der Waals surface area contributed by atoms with E-state index < -0.39 is 23.7 Å². The third-order valence-corrected chi connectivity index (χ3v) is 6.14. The highest BCUT2D eigenvalue weighted by atomic mass is 16.5. The van der Waals surface area contributed by atoms with Gasteiger partial charge in [-0.2, -0.15) is 0 Å². The summed E-state index contributed by atoms with van der Waals surface area (Å²) in [7, 11) is 1.52. The lowest BCUT2D eigenvalue weighted by atomic mass is 9.93. The molecule has 4 rings (SSSR count). The highest BCUT2D eigenvalue weighted by Crippen LogP contribution is 2.43. The highest BCUT2D eigenvalue weighted by molar-refractivity contribution is 6.51. The monoisotopic (exact) mass is 485 g/mol. The van der Waals surface area contributed by atoms with Crippen LogP contribution in [0.3, 0.4) is 0 Å². The smallest absolute Gasteiger partial charge is 0.338 e. The molecule has 1 saturated heterocycles. The summed E-state index contributed by atoms with van der Waals surface area (Å²) in [5, 5.41) is 11.4. The summed E-state index contributed by atoms with van der Waals surface area (Å²) in [4.78, 5) is 40.5. The van der Waals surface area contributed by atoms with Crippen LogP contribution in [0.15, 0.2) is 72.3 Å². The molecule has 36 heavy (non-hydrogen) atoms. The minimum absolute atomic E-state index is 0.0384. The fourth-order valence-electron chi connectivity index (χ4n) is 4.36. The Morgan fingerprint density at radius 1 is 1.00 bits per heavy atom. The van der Waals surface area contributed by atoms with Gasteiger partial charge in [-0.3, -0.25) is 14.5 Å². The number of ketones is 1. The highest BCUT2D eigenvalue weighted by Gasteiger charge is 2.47. The first-order valence-corrected chi connectivity index (χ1v) is 11.6. The minimum Gasteiger partial charge on any atom is -0.507 e. The normalized spacial score (nSPS) is 16.8. The molecular formula is C29H27NO6. The number of rotatable bonds is 6. The Kier molecular flexibility index (Phi) is 6.92. The Morgan fingerprint density at radius 3 is 2.47 bits per heavy atom. The summed E-state index contributed by atoms with van der Waals surface area (Å²) in [6, 6.07) is 17.9. The van der Waals surface area contributed by atoms with E-state index in [1.807, 2.05) is 26.0 Å². The molecule has 1 heterocycles. The van der Waals surface area contributed by atoms with Crippen molar-refractivity contribution in [3.8, 4) is 5.75 Å². The largest absolute Gasteiger partial charge is 0.507 e. The molecule has 0 bridgehead atoms. The van der Waals surface area contributed by atoms with Crippen LogP contribution in [0.2, 0.25) is 0 Å². The molecule has 3 aromatic rings. The number of aryl methyl sites for hydroxylation is 2. The fourth-order valence-corrected chi connectivity index (χ4v) is 4.36. The van der Waals surface area contributed by atoms with Crippen molar-refractivity contribution in [1.82, 2.24) is 0 Å². The quantitative estimate of drug-likeness (QED) is 0.226. The van der Waals surface area contributed by atoms with Crippen LogP contribution in [-0.2, 0) is 14.3 Å². The lowest BCUT2D eigenvalue weighted by Crippen LogP contribution is -2.29. The Morgan fingerprint density at radius 2 is 1.75 bits per heavy atom. The van der Waals surface area contributed by atoms with E-state index in [1.165, 1.54) is 18.1 Å². The molecule has 0 spiro atoms. The van der Waals surface area contributed by atoms with Crippen LogP contribution in [0.5, 0.6) is 5.75 Å². The molecule has 184 valence electrons. The molecule has 1 fully saturated rings. The maximum Gasteiger partial charge on any atom is 0.338 e. The number of carbonyl (C=O) groups excluding carboxylic acids is 3. The van der Waals surface area contributed by atoms with Gasteiger partial charge in [-0.15, -0.1) is 0 Å². The average molecular weight is 486 g/mol. The second-order valence-electron chi connectivity index (χ2n) is 8.53. The lowest BCUT2D eigenvalue weighted by Gasteiger charge is -2.26. The van der Waals surface area contributed by atoms with Gasteiger partial charge in [0.1, 0.15) is 11.5 Å². The molecule has 0 aliphatic carbocycles. The van der Waals surface area contributed by atoms with E-state index >= 15 is 0 Å². The van der Waals surface area contributed by atoms with Crippen LogP contribution in [0.4, 0.5) is 5.69 Å². The molecule has 0 aromatic heterocycles. The van der Waals surface area contributed by atoms with Crippen LogP contribution in [0, 0.1) is 13.8 Å². The summed E-state index contributed by atoms with van der Waals surface area (Å²) in [6.45, 7) is 5.62. The topological polar surface area (TPSA) is 93.1 Å². The first-order chi connectivity index (χ1) is 17.3. The predicted molar refractivity (Wildman–Crippen MR) is 136 cm³/mol. The van der Waals surface area contributed by atoms with Crippen molar-refractivity contribution in [2.24, 2.45) is 0 Å². The number of esters is 1. The Labute approximate surface area is 209 Å². The number of amides is 1. The number of aliphatic hydroxyl groups excluding tert-OH is 1. The molecule has 1 amide bonds. The molecule has 1 aliphatic rings. The van der Waals surface area contributed by atoms with Crippen molar-refractivity contribution in [2.45, 2.75) is 26.8 Å². The summed E-state index contributed by atoms with van der Waals surface area (Å²) in [5.74, 6) is -1.89. The van der Waals surface area contributed by atoms with E-state index in [2.05, 4.69) is 0 Å². The maximum absolute atomic E-state index is 13.4. The first-order valence-electron chi connectivity index (χ1n) is 11.6. The third-order valence-electron chi connectivity index (χ3n) is 6.14. The molecule has 1 unspecified atom stereocenters. The summed E-state index contributed by atoms with van der Waals surface area (Å²) in [6.07, 6.45) is 0. The van der Waals surface area contributed by atoms with Crippen LogP contribution in [0.1, 0.15) is 45.6 Å². The van der Waals surface area contributed by atoms with E-state index in [0.29, 0.717) is 22.6 Å². The van der Waals surface area contributed by atoms with Gasteiger partial charge >= 0.3 is 5.97 Å². The molecule has 1 aliphatic heterocycles. The number of hydrogen-bond donors (Lipinski definition) is 1. The van der Waals surface area contributed by atoms with E-state index in [-0.39, 0.29) is 23.5 Å². The summed E-state index contributed by atoms with van der Waals surface area (Å²) in [5.41, 5.74) is 3.24. The third kappa shape index (κ3) is 4.47.